The predicted octanol–water partition coefficient (Wildman–Crippen LogP) is 2.67. The van der Waals surface area contributed by atoms with Crippen LogP contribution in [0, 0.1) is 12.3 Å². The lowest BCUT2D eigenvalue weighted by atomic mass is 9.87. The van der Waals surface area contributed by atoms with E-state index in [1.807, 2.05) is 19.1 Å². The van der Waals surface area contributed by atoms with E-state index >= 15 is 0 Å². The number of hydrogen-bond donors (Lipinski definition) is 1. The van der Waals surface area contributed by atoms with Gasteiger partial charge in [-0.25, -0.2) is 0 Å². The molecule has 18 heavy (non-hydrogen) atoms. The molecule has 0 bridgehead atoms. The maximum atomic E-state index is 9.80. The fourth-order valence-corrected chi connectivity index (χ4v) is 2.95. The third-order valence-electron chi connectivity index (χ3n) is 4.42. The summed E-state index contributed by atoms with van der Waals surface area (Å²) in [7, 11) is 3.34. The Labute approximate surface area is 109 Å². The number of methoxy groups -OCH3 is 2. The minimum atomic E-state index is -0.195. The normalized spacial score (nSPS) is 24.8. The molecular weight excluding hydrogens is 228 g/mol. The van der Waals surface area contributed by atoms with E-state index in [9.17, 15) is 5.11 Å². The Hall–Kier alpha value is -1.22. The first-order valence-electron chi connectivity index (χ1n) is 6.26. The zero-order valence-corrected chi connectivity index (χ0v) is 11.8. The first-order chi connectivity index (χ1) is 8.41. The summed E-state index contributed by atoms with van der Waals surface area (Å²) in [4.78, 5) is 0. The molecule has 0 heterocycles. The highest BCUT2D eigenvalue weighted by Crippen LogP contribution is 2.65. The zero-order valence-electron chi connectivity index (χ0n) is 11.8. The Morgan fingerprint density at radius 2 is 1.72 bits per heavy atom. The molecule has 0 radical (unpaired) electrons. The highest BCUT2D eigenvalue weighted by atomic mass is 16.5. The van der Waals surface area contributed by atoms with Crippen LogP contribution in [0.4, 0.5) is 0 Å². The van der Waals surface area contributed by atoms with Gasteiger partial charge in [0.05, 0.1) is 20.8 Å². The van der Waals surface area contributed by atoms with Crippen molar-refractivity contribution in [3.63, 3.8) is 0 Å². The molecule has 2 rings (SSSR count). The van der Waals surface area contributed by atoms with Gasteiger partial charge in [0.15, 0.2) is 0 Å². The standard InChI is InChI=1S/C15H22O3/c1-10-6-13(18-5)11(7-12(10)17-4)15(9-16)8-14(15,2)3/h6-7,16H,8-9H2,1-5H3. The number of hydrogen-bond acceptors (Lipinski definition) is 3. The van der Waals surface area contributed by atoms with Gasteiger partial charge < -0.3 is 14.6 Å². The summed E-state index contributed by atoms with van der Waals surface area (Å²) in [5, 5.41) is 9.80. The van der Waals surface area contributed by atoms with Gasteiger partial charge in [-0.1, -0.05) is 13.8 Å². The minimum absolute atomic E-state index is 0.106. The van der Waals surface area contributed by atoms with Crippen molar-refractivity contribution in [2.75, 3.05) is 20.8 Å². The molecule has 1 aromatic rings. The van der Waals surface area contributed by atoms with E-state index < -0.39 is 0 Å². The molecule has 1 fully saturated rings. The number of aliphatic hydroxyl groups excluding tert-OH is 1. The smallest absolute Gasteiger partial charge is 0.123 e. The van der Waals surface area contributed by atoms with Crippen LogP contribution in [0.2, 0.25) is 0 Å². The molecule has 1 atom stereocenters. The second-order valence-corrected chi connectivity index (χ2v) is 5.82. The van der Waals surface area contributed by atoms with E-state index in [0.29, 0.717) is 0 Å². The van der Waals surface area contributed by atoms with Crippen molar-refractivity contribution in [2.45, 2.75) is 32.6 Å². The SMILES string of the molecule is COc1cc(C2(CO)CC2(C)C)c(OC)cc1C. The summed E-state index contributed by atoms with van der Waals surface area (Å²) in [6, 6.07) is 4.00. The van der Waals surface area contributed by atoms with Gasteiger partial charge in [-0.05, 0) is 36.5 Å². The molecule has 1 unspecified atom stereocenters. The largest absolute Gasteiger partial charge is 0.496 e. The van der Waals surface area contributed by atoms with Crippen molar-refractivity contribution in [3.8, 4) is 11.5 Å². The van der Waals surface area contributed by atoms with Crippen molar-refractivity contribution in [1.82, 2.24) is 0 Å². The van der Waals surface area contributed by atoms with Gasteiger partial charge >= 0.3 is 0 Å². The first-order valence-corrected chi connectivity index (χ1v) is 6.26. The average Bonchev–Trinajstić information content (AvgIpc) is 2.92. The van der Waals surface area contributed by atoms with Crippen molar-refractivity contribution < 1.29 is 14.6 Å². The van der Waals surface area contributed by atoms with Crippen LogP contribution < -0.4 is 9.47 Å². The molecular formula is C15H22O3. The van der Waals surface area contributed by atoms with Gasteiger partial charge in [0, 0.05) is 11.0 Å². The zero-order chi connectivity index (χ0) is 13.6. The number of benzene rings is 1. The van der Waals surface area contributed by atoms with Crippen molar-refractivity contribution in [3.05, 3.63) is 23.3 Å². The maximum absolute atomic E-state index is 9.80. The van der Waals surface area contributed by atoms with E-state index in [1.165, 1.54) is 0 Å². The van der Waals surface area contributed by atoms with Gasteiger partial charge in [0.1, 0.15) is 11.5 Å². The van der Waals surface area contributed by atoms with Crippen molar-refractivity contribution in [2.24, 2.45) is 5.41 Å². The van der Waals surface area contributed by atoms with Crippen LogP contribution in [0.3, 0.4) is 0 Å². The topological polar surface area (TPSA) is 38.7 Å². The van der Waals surface area contributed by atoms with Crippen LogP contribution in [0.1, 0.15) is 31.4 Å². The first kappa shape index (κ1) is 13.2. The lowest BCUT2D eigenvalue weighted by molar-refractivity contribution is 0.227. The Morgan fingerprint density at radius 3 is 2.11 bits per heavy atom. The van der Waals surface area contributed by atoms with Crippen LogP contribution in [0.5, 0.6) is 11.5 Å². The molecule has 0 amide bonds. The fraction of sp³-hybridized carbons (Fsp3) is 0.600. The quantitative estimate of drug-likeness (QED) is 0.893. The molecule has 3 heteroatoms. The number of aliphatic hydroxyl groups is 1. The van der Waals surface area contributed by atoms with Crippen LogP contribution in [0.15, 0.2) is 12.1 Å². The summed E-state index contributed by atoms with van der Waals surface area (Å²) in [5.41, 5.74) is 2.01. The van der Waals surface area contributed by atoms with Gasteiger partial charge in [0.25, 0.3) is 0 Å². The molecule has 1 aromatic carbocycles. The van der Waals surface area contributed by atoms with Crippen molar-refractivity contribution >= 4 is 0 Å². The molecule has 0 aromatic heterocycles. The number of ether oxygens (including phenoxy) is 2. The maximum Gasteiger partial charge on any atom is 0.123 e. The van der Waals surface area contributed by atoms with Gasteiger partial charge in [-0.15, -0.1) is 0 Å². The second kappa shape index (κ2) is 4.16. The third-order valence-corrected chi connectivity index (χ3v) is 4.42. The van der Waals surface area contributed by atoms with Gasteiger partial charge in [-0.2, -0.15) is 0 Å². The minimum Gasteiger partial charge on any atom is -0.496 e. The van der Waals surface area contributed by atoms with Crippen LogP contribution in [-0.2, 0) is 5.41 Å². The summed E-state index contributed by atoms with van der Waals surface area (Å²) >= 11 is 0. The van der Waals surface area contributed by atoms with Crippen molar-refractivity contribution in [1.29, 1.82) is 0 Å². The lowest BCUT2D eigenvalue weighted by Gasteiger charge is -2.22. The number of rotatable bonds is 4. The van der Waals surface area contributed by atoms with E-state index in [-0.39, 0.29) is 17.4 Å². The Morgan fingerprint density at radius 1 is 1.17 bits per heavy atom. The second-order valence-electron chi connectivity index (χ2n) is 5.82. The Balaban J connectivity index is 2.56. The molecule has 1 aliphatic carbocycles. The van der Waals surface area contributed by atoms with Crippen LogP contribution in [0.25, 0.3) is 0 Å². The molecule has 100 valence electrons. The van der Waals surface area contributed by atoms with E-state index in [4.69, 9.17) is 9.47 Å². The summed E-state index contributed by atoms with van der Waals surface area (Å²) in [6.45, 7) is 6.49. The molecule has 0 saturated heterocycles. The summed E-state index contributed by atoms with van der Waals surface area (Å²) < 4.78 is 10.9. The predicted molar refractivity (Wildman–Crippen MR) is 71.4 cm³/mol. The molecule has 1 aliphatic rings. The van der Waals surface area contributed by atoms with E-state index in [1.54, 1.807) is 14.2 Å². The van der Waals surface area contributed by atoms with Gasteiger partial charge in [0.2, 0.25) is 0 Å². The Kier molecular flexibility index (Phi) is 3.06. The molecule has 3 nitrogen and oxygen atoms in total. The summed E-state index contributed by atoms with van der Waals surface area (Å²) in [5.74, 6) is 1.69. The number of aryl methyl sites for hydroxylation is 1. The molecule has 0 spiro atoms. The monoisotopic (exact) mass is 250 g/mol. The third kappa shape index (κ3) is 1.69. The van der Waals surface area contributed by atoms with E-state index in [0.717, 1.165) is 29.0 Å². The summed E-state index contributed by atoms with van der Waals surface area (Å²) in [6.07, 6.45) is 0.971. The van der Waals surface area contributed by atoms with E-state index in [2.05, 4.69) is 13.8 Å². The van der Waals surface area contributed by atoms with Crippen LogP contribution >= 0.6 is 0 Å². The molecule has 0 aliphatic heterocycles. The van der Waals surface area contributed by atoms with Crippen LogP contribution in [-0.4, -0.2) is 25.9 Å². The average molecular weight is 250 g/mol. The Bertz CT molecular complexity index is 465. The van der Waals surface area contributed by atoms with Gasteiger partial charge in [-0.3, -0.25) is 0 Å². The lowest BCUT2D eigenvalue weighted by Crippen LogP contribution is -2.20. The highest BCUT2D eigenvalue weighted by Gasteiger charge is 2.62. The fourth-order valence-electron chi connectivity index (χ4n) is 2.95. The molecule has 1 saturated carbocycles. The molecule has 1 N–H and O–H groups in total. The highest BCUT2D eigenvalue weighted by molar-refractivity contribution is 5.53.